The van der Waals surface area contributed by atoms with Gasteiger partial charge in [-0.2, -0.15) is 0 Å². The molecule has 0 saturated heterocycles. The van der Waals surface area contributed by atoms with Crippen LogP contribution in [0.4, 0.5) is 10.1 Å². The van der Waals surface area contributed by atoms with Gasteiger partial charge in [-0.05, 0) is 62.6 Å². The molecule has 3 rings (SSSR count). The van der Waals surface area contributed by atoms with Crippen LogP contribution in [0.25, 0.3) is 0 Å². The van der Waals surface area contributed by atoms with Gasteiger partial charge in [-0.1, -0.05) is 67.4 Å². The number of nitrogens with zero attached hydrogens (tertiary/aromatic N) is 2. The smallest absolute Gasteiger partial charge is 0.264 e. The van der Waals surface area contributed by atoms with Crippen LogP contribution in [0.3, 0.4) is 0 Å². The molecule has 0 saturated carbocycles. The molecule has 1 unspecified atom stereocenters. The Balaban J connectivity index is 2.07. The Bertz CT molecular complexity index is 1460. The first-order valence-electron chi connectivity index (χ1n) is 13.0. The van der Waals surface area contributed by atoms with Gasteiger partial charge in [-0.3, -0.25) is 13.9 Å². The third-order valence-corrected chi connectivity index (χ3v) is 8.73. The van der Waals surface area contributed by atoms with Crippen molar-refractivity contribution in [2.75, 3.05) is 17.4 Å². The number of anilines is 1. The number of aryl methyl sites for hydroxylation is 1. The summed E-state index contributed by atoms with van der Waals surface area (Å²) in [4.78, 5) is 28.2. The molecule has 7 nitrogen and oxygen atoms in total. The first-order valence-corrected chi connectivity index (χ1v) is 14.8. The number of rotatable bonds is 11. The number of carbonyl (C=O) groups excluding carboxylic acids is 2. The number of hydrogen-bond donors (Lipinski definition) is 1. The molecule has 214 valence electrons. The van der Waals surface area contributed by atoms with Crippen LogP contribution in [0.2, 0.25) is 5.02 Å². The van der Waals surface area contributed by atoms with E-state index < -0.39 is 40.2 Å². The summed E-state index contributed by atoms with van der Waals surface area (Å²) in [6.45, 7) is 8.45. The number of carbonyl (C=O) groups is 2. The van der Waals surface area contributed by atoms with Crippen LogP contribution in [-0.4, -0.2) is 44.3 Å². The van der Waals surface area contributed by atoms with E-state index in [4.69, 9.17) is 11.6 Å². The van der Waals surface area contributed by atoms with Gasteiger partial charge < -0.3 is 10.2 Å². The number of hydrogen-bond acceptors (Lipinski definition) is 4. The van der Waals surface area contributed by atoms with Gasteiger partial charge in [-0.15, -0.1) is 0 Å². The zero-order valence-electron chi connectivity index (χ0n) is 23.3. The van der Waals surface area contributed by atoms with Crippen molar-refractivity contribution in [1.29, 1.82) is 0 Å². The average Bonchev–Trinajstić information content (AvgIpc) is 2.91. The van der Waals surface area contributed by atoms with Crippen molar-refractivity contribution in [3.8, 4) is 0 Å². The molecule has 0 heterocycles. The van der Waals surface area contributed by atoms with Crippen molar-refractivity contribution in [1.82, 2.24) is 10.2 Å². The summed E-state index contributed by atoms with van der Waals surface area (Å²) in [5, 5.41) is 3.14. The fraction of sp³-hybridized carbons (Fsp3) is 0.333. The fourth-order valence-electron chi connectivity index (χ4n) is 4.06. The van der Waals surface area contributed by atoms with E-state index >= 15 is 0 Å². The van der Waals surface area contributed by atoms with Crippen molar-refractivity contribution >= 4 is 39.1 Å². The van der Waals surface area contributed by atoms with Crippen molar-refractivity contribution in [3.63, 3.8) is 0 Å². The number of benzene rings is 3. The first-order chi connectivity index (χ1) is 18.8. The molecule has 0 spiro atoms. The maximum atomic E-state index is 14.6. The lowest BCUT2D eigenvalue weighted by atomic mass is 10.1. The van der Waals surface area contributed by atoms with E-state index in [1.807, 2.05) is 20.8 Å². The predicted octanol–water partition coefficient (Wildman–Crippen LogP) is 5.48. The highest BCUT2D eigenvalue weighted by Crippen LogP contribution is 2.31. The molecule has 0 bridgehead atoms. The summed E-state index contributed by atoms with van der Waals surface area (Å²) < 4.78 is 43.5. The van der Waals surface area contributed by atoms with Crippen molar-refractivity contribution in [2.45, 2.75) is 52.1 Å². The fourth-order valence-corrected chi connectivity index (χ4v) is 5.70. The molecule has 1 N–H and O–H groups in total. The number of halogens is 2. The van der Waals surface area contributed by atoms with E-state index in [1.165, 1.54) is 42.2 Å². The van der Waals surface area contributed by atoms with Crippen LogP contribution < -0.4 is 9.62 Å². The molecule has 40 heavy (non-hydrogen) atoms. The molecule has 0 aliphatic heterocycles. The molecule has 0 aromatic heterocycles. The standard InChI is InChI=1S/C30H35ClFN3O4S/c1-20(2)17-33-30(37)23(5)34(18-24-9-6-7-11-27(24)32)29(36)19-35(28-12-8-10-26(31)22(28)4)40(38,39)25-15-13-21(3)14-16-25/h6-16,20,23H,17-19H2,1-5H3,(H,33,37). The van der Waals surface area contributed by atoms with Crippen molar-refractivity contribution in [3.05, 3.63) is 94.3 Å². The molecule has 0 radical (unpaired) electrons. The molecular weight excluding hydrogens is 553 g/mol. The number of nitrogens with one attached hydrogen (secondary N) is 1. The van der Waals surface area contributed by atoms with Gasteiger partial charge in [0.1, 0.15) is 18.4 Å². The second-order valence-corrected chi connectivity index (χ2v) is 12.4. The second kappa shape index (κ2) is 13.3. The summed E-state index contributed by atoms with van der Waals surface area (Å²) in [5.41, 5.74) is 1.77. The molecule has 1 atom stereocenters. The SMILES string of the molecule is Cc1ccc(S(=O)(=O)N(CC(=O)N(Cc2ccccc2F)C(C)C(=O)NCC(C)C)c2cccc(Cl)c2C)cc1. The second-order valence-electron chi connectivity index (χ2n) is 10.1. The van der Waals surface area contributed by atoms with E-state index in [9.17, 15) is 22.4 Å². The molecule has 0 fully saturated rings. The first kappa shape index (κ1) is 31.1. The highest BCUT2D eigenvalue weighted by molar-refractivity contribution is 7.92. The lowest BCUT2D eigenvalue weighted by molar-refractivity contribution is -0.139. The van der Waals surface area contributed by atoms with Crippen LogP contribution in [0, 0.1) is 25.6 Å². The van der Waals surface area contributed by atoms with Gasteiger partial charge in [0.15, 0.2) is 0 Å². The minimum absolute atomic E-state index is 0.00588. The zero-order chi connectivity index (χ0) is 29.6. The summed E-state index contributed by atoms with van der Waals surface area (Å²) in [6.07, 6.45) is 0. The Morgan fingerprint density at radius 2 is 1.60 bits per heavy atom. The lowest BCUT2D eigenvalue weighted by Gasteiger charge is -2.32. The lowest BCUT2D eigenvalue weighted by Crippen LogP contribution is -2.51. The van der Waals surface area contributed by atoms with Gasteiger partial charge in [0, 0.05) is 23.7 Å². The maximum Gasteiger partial charge on any atom is 0.264 e. The molecule has 2 amide bonds. The Morgan fingerprint density at radius 3 is 2.23 bits per heavy atom. The molecule has 3 aromatic rings. The van der Waals surface area contributed by atoms with Crippen molar-refractivity contribution < 1.29 is 22.4 Å². The largest absolute Gasteiger partial charge is 0.354 e. The zero-order valence-corrected chi connectivity index (χ0v) is 24.9. The van der Waals surface area contributed by atoms with Crippen LogP contribution in [0.5, 0.6) is 0 Å². The Kier molecular flexibility index (Phi) is 10.3. The van der Waals surface area contributed by atoms with E-state index in [2.05, 4.69) is 5.32 Å². The summed E-state index contributed by atoms with van der Waals surface area (Å²) in [5.74, 6) is -1.46. The van der Waals surface area contributed by atoms with Gasteiger partial charge in [0.2, 0.25) is 11.8 Å². The Morgan fingerprint density at radius 1 is 0.950 bits per heavy atom. The van der Waals surface area contributed by atoms with Gasteiger partial charge in [0.05, 0.1) is 10.6 Å². The topological polar surface area (TPSA) is 86.8 Å². The molecule has 0 aliphatic rings. The van der Waals surface area contributed by atoms with Crippen LogP contribution in [0.15, 0.2) is 71.6 Å². The molecule has 0 aliphatic carbocycles. The van der Waals surface area contributed by atoms with E-state index in [1.54, 1.807) is 43.3 Å². The van der Waals surface area contributed by atoms with E-state index in [0.29, 0.717) is 17.1 Å². The van der Waals surface area contributed by atoms with Gasteiger partial charge in [0.25, 0.3) is 10.0 Å². The molecule has 3 aromatic carbocycles. The Hall–Kier alpha value is -3.43. The summed E-state index contributed by atoms with van der Waals surface area (Å²) in [7, 11) is -4.23. The summed E-state index contributed by atoms with van der Waals surface area (Å²) >= 11 is 6.34. The van der Waals surface area contributed by atoms with Gasteiger partial charge >= 0.3 is 0 Å². The average molecular weight is 588 g/mol. The molecular formula is C30H35ClFN3O4S. The highest BCUT2D eigenvalue weighted by Gasteiger charge is 2.33. The highest BCUT2D eigenvalue weighted by atomic mass is 35.5. The maximum absolute atomic E-state index is 14.6. The predicted molar refractivity (Wildman–Crippen MR) is 156 cm³/mol. The monoisotopic (exact) mass is 587 g/mol. The quantitative estimate of drug-likeness (QED) is 0.322. The normalized spacial score (nSPS) is 12.2. The van der Waals surface area contributed by atoms with Crippen LogP contribution >= 0.6 is 11.6 Å². The minimum atomic E-state index is -4.23. The number of amides is 2. The van der Waals surface area contributed by atoms with Crippen LogP contribution in [-0.2, 0) is 26.2 Å². The third kappa shape index (κ3) is 7.40. The summed E-state index contributed by atoms with van der Waals surface area (Å²) in [6, 6.07) is 16.0. The minimum Gasteiger partial charge on any atom is -0.354 e. The van der Waals surface area contributed by atoms with Crippen molar-refractivity contribution in [2.24, 2.45) is 5.92 Å². The Labute approximate surface area is 241 Å². The number of sulfonamides is 1. The van der Waals surface area contributed by atoms with Crippen LogP contribution in [0.1, 0.15) is 37.5 Å². The molecule has 10 heteroatoms. The van der Waals surface area contributed by atoms with E-state index in [-0.39, 0.29) is 28.6 Å². The van der Waals surface area contributed by atoms with Gasteiger partial charge in [-0.25, -0.2) is 12.8 Å². The third-order valence-electron chi connectivity index (χ3n) is 6.55. The van der Waals surface area contributed by atoms with E-state index in [0.717, 1.165) is 9.87 Å².